The van der Waals surface area contributed by atoms with Crippen molar-refractivity contribution in [3.8, 4) is 5.75 Å². The van der Waals surface area contributed by atoms with E-state index in [1.54, 1.807) is 31.2 Å². The molecule has 0 aliphatic heterocycles. The summed E-state index contributed by atoms with van der Waals surface area (Å²) in [7, 11) is 0. The van der Waals surface area contributed by atoms with E-state index < -0.39 is 17.7 Å². The number of carbonyl (C=O) groups excluding carboxylic acids is 1. The molecule has 0 spiro atoms. The summed E-state index contributed by atoms with van der Waals surface area (Å²) < 4.78 is 0. The van der Waals surface area contributed by atoms with Crippen molar-refractivity contribution in [3.63, 3.8) is 0 Å². The third kappa shape index (κ3) is 2.72. The number of hydrogen-bond acceptors (Lipinski definition) is 4. The minimum Gasteiger partial charge on any atom is -0.507 e. The lowest BCUT2D eigenvalue weighted by Crippen LogP contribution is -2.15. The summed E-state index contributed by atoms with van der Waals surface area (Å²) in [5, 5.41) is 18.9. The average Bonchev–Trinajstić information content (AvgIpc) is 2.46. The number of hydrogen-bond donors (Lipinski definition) is 3. The highest BCUT2D eigenvalue weighted by Crippen LogP contribution is 2.32. The Morgan fingerprint density at radius 1 is 1.10 bits per heavy atom. The largest absolute Gasteiger partial charge is 0.507 e. The first-order valence-corrected chi connectivity index (χ1v) is 6.37. The van der Waals surface area contributed by atoms with Crippen molar-refractivity contribution in [2.24, 2.45) is 0 Å². The Labute approximate surface area is 121 Å². The zero-order valence-electron chi connectivity index (χ0n) is 11.4. The summed E-state index contributed by atoms with van der Waals surface area (Å²) in [5.41, 5.74) is 5.95. The highest BCUT2D eigenvalue weighted by molar-refractivity contribution is 6.10. The predicted molar refractivity (Wildman–Crippen MR) is 78.7 cm³/mol. The van der Waals surface area contributed by atoms with E-state index >= 15 is 0 Å². The van der Waals surface area contributed by atoms with Gasteiger partial charge in [0.05, 0.1) is 16.8 Å². The van der Waals surface area contributed by atoms with Crippen molar-refractivity contribution in [3.05, 3.63) is 59.2 Å². The standard InChI is InChI=1S/C16H15NO4/c1-9(10-5-3-2-4-6-10)15(19)13-12(18)8-7-11(14(13)17)16(20)21/h2-9,18H,17H2,1H3,(H,20,21). The van der Waals surface area contributed by atoms with Crippen LogP contribution in [0.5, 0.6) is 5.75 Å². The zero-order chi connectivity index (χ0) is 15.6. The van der Waals surface area contributed by atoms with Crippen LogP contribution in [0.1, 0.15) is 39.1 Å². The van der Waals surface area contributed by atoms with E-state index in [0.29, 0.717) is 0 Å². The number of Topliss-reactive ketones (excluding diaryl/α,β-unsaturated/α-hetero) is 1. The fourth-order valence-corrected chi connectivity index (χ4v) is 2.16. The second-order valence-electron chi connectivity index (χ2n) is 4.72. The minimum absolute atomic E-state index is 0.147. The van der Waals surface area contributed by atoms with Gasteiger partial charge in [0.1, 0.15) is 5.75 Å². The molecule has 0 aromatic heterocycles. The van der Waals surface area contributed by atoms with Crippen LogP contribution >= 0.6 is 0 Å². The summed E-state index contributed by atoms with van der Waals surface area (Å²) in [5.74, 6) is -2.51. The lowest BCUT2D eigenvalue weighted by atomic mass is 9.90. The van der Waals surface area contributed by atoms with Crippen LogP contribution in [0.4, 0.5) is 5.69 Å². The van der Waals surface area contributed by atoms with Gasteiger partial charge in [-0.15, -0.1) is 0 Å². The lowest BCUT2D eigenvalue weighted by molar-refractivity contribution is 0.0698. The van der Waals surface area contributed by atoms with E-state index in [4.69, 9.17) is 10.8 Å². The zero-order valence-corrected chi connectivity index (χ0v) is 11.4. The molecule has 1 atom stereocenters. The monoisotopic (exact) mass is 285 g/mol. The maximum absolute atomic E-state index is 12.5. The van der Waals surface area contributed by atoms with E-state index in [1.165, 1.54) is 12.1 Å². The maximum atomic E-state index is 12.5. The van der Waals surface area contributed by atoms with Crippen LogP contribution < -0.4 is 5.73 Å². The quantitative estimate of drug-likeness (QED) is 0.592. The summed E-state index contributed by atoms with van der Waals surface area (Å²) in [4.78, 5) is 23.6. The molecule has 2 rings (SSSR count). The molecule has 108 valence electrons. The summed E-state index contributed by atoms with van der Waals surface area (Å²) in [6.07, 6.45) is 0. The van der Waals surface area contributed by atoms with Crippen LogP contribution in [0.3, 0.4) is 0 Å². The number of rotatable bonds is 4. The van der Waals surface area contributed by atoms with E-state index in [2.05, 4.69) is 0 Å². The van der Waals surface area contributed by atoms with Gasteiger partial charge >= 0.3 is 5.97 Å². The molecule has 0 radical (unpaired) electrons. The highest BCUT2D eigenvalue weighted by atomic mass is 16.4. The summed E-state index contributed by atoms with van der Waals surface area (Å²) in [6.45, 7) is 1.68. The van der Waals surface area contributed by atoms with Crippen LogP contribution in [-0.2, 0) is 0 Å². The Morgan fingerprint density at radius 2 is 1.71 bits per heavy atom. The number of carboxylic acid groups (broad SMARTS) is 1. The number of anilines is 1. The first-order valence-electron chi connectivity index (χ1n) is 6.37. The van der Waals surface area contributed by atoms with Gasteiger partial charge < -0.3 is 15.9 Å². The van der Waals surface area contributed by atoms with Crippen LogP contribution in [0.15, 0.2) is 42.5 Å². The number of phenolic OH excluding ortho intramolecular Hbond substituents is 1. The molecule has 2 aromatic carbocycles. The van der Waals surface area contributed by atoms with Crippen molar-refractivity contribution >= 4 is 17.4 Å². The molecule has 0 aliphatic rings. The fraction of sp³-hybridized carbons (Fsp3) is 0.125. The number of benzene rings is 2. The van der Waals surface area contributed by atoms with E-state index in [0.717, 1.165) is 5.56 Å². The predicted octanol–water partition coefficient (Wildman–Crippen LogP) is 2.66. The minimum atomic E-state index is -1.24. The second kappa shape index (κ2) is 5.66. The molecule has 0 bridgehead atoms. The second-order valence-corrected chi connectivity index (χ2v) is 4.72. The number of nitrogen functional groups attached to an aromatic ring is 1. The summed E-state index contributed by atoms with van der Waals surface area (Å²) >= 11 is 0. The number of aromatic hydroxyl groups is 1. The normalized spacial score (nSPS) is 11.9. The Hall–Kier alpha value is -2.82. The number of ketones is 1. The van der Waals surface area contributed by atoms with Gasteiger partial charge in [0.2, 0.25) is 0 Å². The number of aromatic carboxylic acids is 1. The third-order valence-corrected chi connectivity index (χ3v) is 3.39. The number of carboxylic acids is 1. The van der Waals surface area contributed by atoms with Crippen molar-refractivity contribution in [2.75, 3.05) is 5.73 Å². The molecule has 0 fully saturated rings. The fourth-order valence-electron chi connectivity index (χ4n) is 2.16. The molecule has 0 heterocycles. The van der Waals surface area contributed by atoms with Gasteiger partial charge in [0, 0.05) is 5.92 Å². The van der Waals surface area contributed by atoms with Gasteiger partial charge in [0.25, 0.3) is 0 Å². The van der Waals surface area contributed by atoms with Crippen molar-refractivity contribution in [1.29, 1.82) is 0 Å². The summed E-state index contributed by atoms with van der Waals surface area (Å²) in [6, 6.07) is 11.4. The van der Waals surface area contributed by atoms with E-state index in [9.17, 15) is 14.7 Å². The number of phenols is 1. The number of nitrogens with two attached hydrogens (primary N) is 1. The average molecular weight is 285 g/mol. The Kier molecular flexibility index (Phi) is 3.93. The first kappa shape index (κ1) is 14.6. The molecular formula is C16H15NO4. The van der Waals surface area contributed by atoms with Crippen LogP contribution in [0, 0.1) is 0 Å². The Morgan fingerprint density at radius 3 is 2.29 bits per heavy atom. The van der Waals surface area contributed by atoms with Gasteiger partial charge in [-0.3, -0.25) is 4.79 Å². The molecule has 21 heavy (non-hydrogen) atoms. The molecular weight excluding hydrogens is 270 g/mol. The Balaban J connectivity index is 2.49. The van der Waals surface area contributed by atoms with Crippen molar-refractivity contribution in [1.82, 2.24) is 0 Å². The van der Waals surface area contributed by atoms with Crippen LogP contribution in [0.25, 0.3) is 0 Å². The lowest BCUT2D eigenvalue weighted by Gasteiger charge is -2.15. The van der Waals surface area contributed by atoms with Crippen molar-refractivity contribution in [2.45, 2.75) is 12.8 Å². The molecule has 2 aromatic rings. The molecule has 5 heteroatoms. The highest BCUT2D eigenvalue weighted by Gasteiger charge is 2.25. The molecule has 4 N–H and O–H groups in total. The molecule has 0 saturated heterocycles. The first-order chi connectivity index (χ1) is 9.93. The van der Waals surface area contributed by atoms with Gasteiger partial charge in [-0.1, -0.05) is 37.3 Å². The molecule has 0 saturated carbocycles. The SMILES string of the molecule is CC(C(=O)c1c(O)ccc(C(=O)O)c1N)c1ccccc1. The van der Waals surface area contributed by atoms with E-state index in [1.807, 2.05) is 6.07 Å². The Bertz CT molecular complexity index is 695. The topological polar surface area (TPSA) is 101 Å². The van der Waals surface area contributed by atoms with Gasteiger partial charge in [-0.25, -0.2) is 4.79 Å². The third-order valence-electron chi connectivity index (χ3n) is 3.39. The van der Waals surface area contributed by atoms with Gasteiger partial charge in [-0.2, -0.15) is 0 Å². The molecule has 0 aliphatic carbocycles. The maximum Gasteiger partial charge on any atom is 0.337 e. The molecule has 1 unspecified atom stereocenters. The van der Waals surface area contributed by atoms with Gasteiger partial charge in [-0.05, 0) is 17.7 Å². The van der Waals surface area contributed by atoms with Crippen LogP contribution in [-0.4, -0.2) is 22.0 Å². The van der Waals surface area contributed by atoms with Gasteiger partial charge in [0.15, 0.2) is 5.78 Å². The van der Waals surface area contributed by atoms with Crippen LogP contribution in [0.2, 0.25) is 0 Å². The van der Waals surface area contributed by atoms with Crippen molar-refractivity contribution < 1.29 is 19.8 Å². The molecule has 0 amide bonds. The molecule has 5 nitrogen and oxygen atoms in total. The van der Waals surface area contributed by atoms with E-state index in [-0.39, 0.29) is 22.6 Å². The smallest absolute Gasteiger partial charge is 0.337 e. The number of carbonyl (C=O) groups is 2.